The third-order valence-electron chi connectivity index (χ3n) is 3.12. The first-order valence-electron chi connectivity index (χ1n) is 6.88. The van der Waals surface area contributed by atoms with Crippen LogP contribution >= 0.6 is 0 Å². The van der Waals surface area contributed by atoms with Gasteiger partial charge in [-0.05, 0) is 36.3 Å². The zero-order chi connectivity index (χ0) is 16.8. The first-order chi connectivity index (χ1) is 11.0. The van der Waals surface area contributed by atoms with Crippen LogP contribution in [0.2, 0.25) is 0 Å². The van der Waals surface area contributed by atoms with E-state index in [9.17, 15) is 14.9 Å². The SMILES string of the molecule is COc1cc(C)ccc1NC(=O)/C=C/c1cccc([N+](=O)[O-])c1. The number of benzene rings is 2. The lowest BCUT2D eigenvalue weighted by atomic mass is 10.2. The molecule has 6 heteroatoms. The van der Waals surface area contributed by atoms with Crippen molar-refractivity contribution in [2.75, 3.05) is 12.4 Å². The Balaban J connectivity index is 2.10. The summed E-state index contributed by atoms with van der Waals surface area (Å²) in [4.78, 5) is 22.2. The number of nitro groups is 1. The Morgan fingerprint density at radius 2 is 2.04 bits per heavy atom. The number of nitro benzene ring substituents is 1. The van der Waals surface area contributed by atoms with Crippen molar-refractivity contribution in [2.24, 2.45) is 0 Å². The average molecular weight is 312 g/mol. The van der Waals surface area contributed by atoms with Crippen LogP contribution in [0, 0.1) is 17.0 Å². The average Bonchev–Trinajstić information content (AvgIpc) is 2.54. The van der Waals surface area contributed by atoms with Gasteiger partial charge in [0.25, 0.3) is 5.69 Å². The first kappa shape index (κ1) is 16.2. The van der Waals surface area contributed by atoms with Crippen molar-refractivity contribution in [1.82, 2.24) is 0 Å². The number of nitrogens with one attached hydrogen (secondary N) is 1. The maximum atomic E-state index is 12.0. The van der Waals surface area contributed by atoms with Crippen molar-refractivity contribution in [3.8, 4) is 5.75 Å². The summed E-state index contributed by atoms with van der Waals surface area (Å²) in [6.45, 7) is 1.93. The highest BCUT2D eigenvalue weighted by Crippen LogP contribution is 2.25. The summed E-state index contributed by atoms with van der Waals surface area (Å²) in [6.07, 6.45) is 2.83. The van der Waals surface area contributed by atoms with Crippen LogP contribution in [0.25, 0.3) is 6.08 Å². The van der Waals surface area contributed by atoms with E-state index in [1.807, 2.05) is 19.1 Å². The van der Waals surface area contributed by atoms with Gasteiger partial charge in [0, 0.05) is 18.2 Å². The summed E-state index contributed by atoms with van der Waals surface area (Å²) in [5, 5.41) is 13.4. The van der Waals surface area contributed by atoms with Crippen LogP contribution in [0.3, 0.4) is 0 Å². The van der Waals surface area contributed by atoms with E-state index in [0.717, 1.165) is 5.56 Å². The summed E-state index contributed by atoms with van der Waals surface area (Å²) in [5.74, 6) is 0.223. The fourth-order valence-electron chi connectivity index (χ4n) is 1.99. The van der Waals surface area contributed by atoms with Crippen LogP contribution in [0.1, 0.15) is 11.1 Å². The molecule has 0 bridgehead atoms. The third kappa shape index (κ3) is 4.41. The molecule has 0 aromatic heterocycles. The van der Waals surface area contributed by atoms with Gasteiger partial charge in [0.2, 0.25) is 5.91 Å². The molecule has 0 aliphatic rings. The number of ether oxygens (including phenoxy) is 1. The molecule has 23 heavy (non-hydrogen) atoms. The number of hydrogen-bond acceptors (Lipinski definition) is 4. The Morgan fingerprint density at radius 3 is 2.74 bits per heavy atom. The van der Waals surface area contributed by atoms with E-state index in [4.69, 9.17) is 4.74 Å². The molecule has 118 valence electrons. The minimum Gasteiger partial charge on any atom is -0.495 e. The van der Waals surface area contributed by atoms with E-state index < -0.39 is 4.92 Å². The second kappa shape index (κ2) is 7.22. The molecule has 0 fully saturated rings. The minimum atomic E-state index is -0.478. The topological polar surface area (TPSA) is 81.5 Å². The van der Waals surface area contributed by atoms with Crippen molar-refractivity contribution in [3.63, 3.8) is 0 Å². The number of nitrogens with zero attached hydrogens (tertiary/aromatic N) is 1. The van der Waals surface area contributed by atoms with Crippen LogP contribution < -0.4 is 10.1 Å². The number of hydrogen-bond donors (Lipinski definition) is 1. The Bertz CT molecular complexity index is 769. The van der Waals surface area contributed by atoms with Crippen molar-refractivity contribution >= 4 is 23.4 Å². The maximum Gasteiger partial charge on any atom is 0.270 e. The molecule has 0 heterocycles. The molecular weight excluding hydrogens is 296 g/mol. The second-order valence-corrected chi connectivity index (χ2v) is 4.88. The fraction of sp³-hybridized carbons (Fsp3) is 0.118. The van der Waals surface area contributed by atoms with E-state index in [0.29, 0.717) is 17.0 Å². The number of aryl methyl sites for hydroxylation is 1. The summed E-state index contributed by atoms with van der Waals surface area (Å²) < 4.78 is 5.22. The van der Waals surface area contributed by atoms with Gasteiger partial charge in [0.1, 0.15) is 5.75 Å². The highest BCUT2D eigenvalue weighted by atomic mass is 16.6. The molecule has 6 nitrogen and oxygen atoms in total. The van der Waals surface area contributed by atoms with Crippen molar-refractivity contribution < 1.29 is 14.5 Å². The monoisotopic (exact) mass is 312 g/mol. The van der Waals surface area contributed by atoms with Gasteiger partial charge in [0.05, 0.1) is 17.7 Å². The molecule has 0 aliphatic carbocycles. The first-order valence-corrected chi connectivity index (χ1v) is 6.88. The number of rotatable bonds is 5. The lowest BCUT2D eigenvalue weighted by Crippen LogP contribution is -2.09. The van der Waals surface area contributed by atoms with Crippen LogP contribution in [0.5, 0.6) is 5.75 Å². The van der Waals surface area contributed by atoms with Crippen molar-refractivity contribution in [3.05, 3.63) is 69.8 Å². The molecule has 1 N–H and O–H groups in total. The lowest BCUT2D eigenvalue weighted by molar-refractivity contribution is -0.384. The van der Waals surface area contributed by atoms with E-state index in [1.54, 1.807) is 18.2 Å². The van der Waals surface area contributed by atoms with Gasteiger partial charge in [-0.15, -0.1) is 0 Å². The molecule has 1 amide bonds. The largest absolute Gasteiger partial charge is 0.495 e. The lowest BCUT2D eigenvalue weighted by Gasteiger charge is -2.09. The van der Waals surface area contributed by atoms with Crippen LogP contribution in [-0.2, 0) is 4.79 Å². The summed E-state index contributed by atoms with van der Waals surface area (Å²) >= 11 is 0. The van der Waals surface area contributed by atoms with E-state index in [1.165, 1.54) is 31.4 Å². The van der Waals surface area contributed by atoms with Gasteiger partial charge >= 0.3 is 0 Å². The van der Waals surface area contributed by atoms with Gasteiger partial charge in [-0.25, -0.2) is 0 Å². The Morgan fingerprint density at radius 1 is 1.26 bits per heavy atom. The van der Waals surface area contributed by atoms with E-state index in [-0.39, 0.29) is 11.6 Å². The molecular formula is C17H16N2O4. The Labute approximate surface area is 133 Å². The number of anilines is 1. The standard InChI is InChI=1S/C17H16N2O4/c1-12-6-8-15(16(10-12)23-2)18-17(20)9-7-13-4-3-5-14(11-13)19(21)22/h3-11H,1-2H3,(H,18,20)/b9-7+. The highest BCUT2D eigenvalue weighted by molar-refractivity contribution is 6.02. The van der Waals surface area contributed by atoms with E-state index in [2.05, 4.69) is 5.32 Å². The van der Waals surface area contributed by atoms with Crippen molar-refractivity contribution in [1.29, 1.82) is 0 Å². The molecule has 0 spiro atoms. The van der Waals surface area contributed by atoms with Gasteiger partial charge in [-0.3, -0.25) is 14.9 Å². The molecule has 0 saturated carbocycles. The Hall–Kier alpha value is -3.15. The molecule has 2 aromatic carbocycles. The second-order valence-electron chi connectivity index (χ2n) is 4.88. The number of amides is 1. The maximum absolute atomic E-state index is 12.0. The molecule has 2 rings (SSSR count). The number of carbonyl (C=O) groups is 1. The van der Waals surface area contributed by atoms with Gasteiger partial charge in [-0.1, -0.05) is 18.2 Å². The fourth-order valence-corrected chi connectivity index (χ4v) is 1.99. The van der Waals surface area contributed by atoms with Crippen molar-refractivity contribution in [2.45, 2.75) is 6.92 Å². The Kier molecular flexibility index (Phi) is 5.09. The number of methoxy groups -OCH3 is 1. The molecule has 0 unspecified atom stereocenters. The van der Waals surface area contributed by atoms with Crippen LogP contribution in [-0.4, -0.2) is 17.9 Å². The summed E-state index contributed by atoms with van der Waals surface area (Å²) in [6, 6.07) is 11.5. The zero-order valence-electron chi connectivity index (χ0n) is 12.8. The molecule has 0 aliphatic heterocycles. The van der Waals surface area contributed by atoms with E-state index >= 15 is 0 Å². The summed E-state index contributed by atoms with van der Waals surface area (Å²) in [5.41, 5.74) is 2.14. The highest BCUT2D eigenvalue weighted by Gasteiger charge is 2.06. The quantitative estimate of drug-likeness (QED) is 0.520. The molecule has 0 atom stereocenters. The number of carbonyl (C=O) groups excluding carboxylic acids is 1. The third-order valence-corrected chi connectivity index (χ3v) is 3.12. The smallest absolute Gasteiger partial charge is 0.270 e. The molecule has 2 aromatic rings. The van der Waals surface area contributed by atoms with Gasteiger partial charge < -0.3 is 10.1 Å². The molecule has 0 saturated heterocycles. The minimum absolute atomic E-state index is 0.0206. The zero-order valence-corrected chi connectivity index (χ0v) is 12.8. The normalized spacial score (nSPS) is 10.5. The predicted octanol–water partition coefficient (Wildman–Crippen LogP) is 3.56. The van der Waals surface area contributed by atoms with Crippen LogP contribution in [0.15, 0.2) is 48.5 Å². The number of non-ortho nitro benzene ring substituents is 1. The molecule has 0 radical (unpaired) electrons. The van der Waals surface area contributed by atoms with Crippen LogP contribution in [0.4, 0.5) is 11.4 Å². The van der Waals surface area contributed by atoms with Gasteiger partial charge in [0.15, 0.2) is 0 Å². The van der Waals surface area contributed by atoms with Gasteiger partial charge in [-0.2, -0.15) is 0 Å². The summed E-state index contributed by atoms with van der Waals surface area (Å²) in [7, 11) is 1.53. The predicted molar refractivity (Wildman–Crippen MR) is 88.5 cm³/mol.